The zero-order chi connectivity index (χ0) is 12.8. The number of thiazole rings is 1. The third kappa shape index (κ3) is 1.97. The lowest BCUT2D eigenvalue weighted by Gasteiger charge is -2.34. The molecule has 0 spiro atoms. The Hall–Kier alpha value is -1.20. The first-order chi connectivity index (χ1) is 8.59. The van der Waals surface area contributed by atoms with Gasteiger partial charge in [0, 0.05) is 23.3 Å². The minimum Gasteiger partial charge on any atom is -0.343 e. The molecule has 0 radical (unpaired) electrons. The molecule has 5 heteroatoms. The Kier molecular flexibility index (Phi) is 2.75. The number of rotatable bonds is 2. The summed E-state index contributed by atoms with van der Waals surface area (Å²) in [6.07, 6.45) is 5.83. The molecule has 1 aliphatic rings. The van der Waals surface area contributed by atoms with Crippen LogP contribution in [0.3, 0.4) is 0 Å². The Balaban J connectivity index is 2.03. The maximum Gasteiger partial charge on any atom is 0.166 e. The summed E-state index contributed by atoms with van der Waals surface area (Å²) in [7, 11) is 2.03. The highest BCUT2D eigenvalue weighted by molar-refractivity contribution is 7.15. The second-order valence-corrected chi connectivity index (χ2v) is 6.68. The number of hydrogen-bond donors (Lipinski definition) is 2. The highest BCUT2D eigenvalue weighted by atomic mass is 32.1. The van der Waals surface area contributed by atoms with E-state index < -0.39 is 0 Å². The van der Waals surface area contributed by atoms with Crippen molar-refractivity contribution < 1.29 is 0 Å². The normalized spacial score (nSPS) is 21.8. The molecule has 96 valence electrons. The van der Waals surface area contributed by atoms with Gasteiger partial charge < -0.3 is 10.3 Å². The van der Waals surface area contributed by atoms with Crippen LogP contribution in [0, 0.1) is 5.41 Å². The smallest absolute Gasteiger partial charge is 0.166 e. The highest BCUT2D eigenvalue weighted by Gasteiger charge is 2.34. The van der Waals surface area contributed by atoms with Crippen molar-refractivity contribution in [2.24, 2.45) is 5.41 Å². The Morgan fingerprint density at radius 2 is 2.33 bits per heavy atom. The molecule has 1 atom stereocenters. The van der Waals surface area contributed by atoms with Gasteiger partial charge >= 0.3 is 0 Å². The van der Waals surface area contributed by atoms with Crippen LogP contribution in [0.4, 0.5) is 0 Å². The van der Waals surface area contributed by atoms with E-state index in [2.05, 4.69) is 29.1 Å². The van der Waals surface area contributed by atoms with Crippen molar-refractivity contribution in [3.8, 4) is 10.8 Å². The number of nitrogens with one attached hydrogen (secondary N) is 2. The molecule has 2 aromatic heterocycles. The standard InChI is InChI=1S/C13H18N4S/c1-13(2)6-8(14-3)10-9(7-13)17-12(18-10)11-15-4-5-16-11/h4-5,8,14H,6-7H2,1-3H3,(H,15,16). The van der Waals surface area contributed by atoms with Crippen molar-refractivity contribution in [2.45, 2.75) is 32.7 Å². The van der Waals surface area contributed by atoms with Gasteiger partial charge in [-0.25, -0.2) is 9.97 Å². The van der Waals surface area contributed by atoms with Crippen LogP contribution in [0.1, 0.15) is 36.9 Å². The zero-order valence-electron chi connectivity index (χ0n) is 10.9. The first kappa shape index (κ1) is 11.9. The van der Waals surface area contributed by atoms with E-state index in [4.69, 9.17) is 4.98 Å². The molecule has 0 aliphatic heterocycles. The average Bonchev–Trinajstić information content (AvgIpc) is 2.93. The van der Waals surface area contributed by atoms with Gasteiger partial charge in [0.25, 0.3) is 0 Å². The van der Waals surface area contributed by atoms with Crippen LogP contribution in [-0.2, 0) is 6.42 Å². The molecule has 0 saturated heterocycles. The van der Waals surface area contributed by atoms with Crippen LogP contribution in [0.2, 0.25) is 0 Å². The molecule has 2 N–H and O–H groups in total. The summed E-state index contributed by atoms with van der Waals surface area (Å²) in [4.78, 5) is 13.6. The van der Waals surface area contributed by atoms with Crippen molar-refractivity contribution in [3.63, 3.8) is 0 Å². The van der Waals surface area contributed by atoms with Gasteiger partial charge in [0.05, 0.1) is 5.69 Å². The second-order valence-electron chi connectivity index (χ2n) is 5.65. The zero-order valence-corrected chi connectivity index (χ0v) is 11.8. The molecule has 4 nitrogen and oxygen atoms in total. The summed E-state index contributed by atoms with van der Waals surface area (Å²) >= 11 is 1.76. The fourth-order valence-electron chi connectivity index (χ4n) is 2.65. The van der Waals surface area contributed by atoms with Crippen LogP contribution in [-0.4, -0.2) is 22.0 Å². The quantitative estimate of drug-likeness (QED) is 0.875. The molecule has 0 bridgehead atoms. The average molecular weight is 262 g/mol. The third-order valence-electron chi connectivity index (χ3n) is 3.50. The molecular weight excluding hydrogens is 244 g/mol. The number of aromatic amines is 1. The number of fused-ring (bicyclic) bond motifs is 1. The van der Waals surface area contributed by atoms with Crippen molar-refractivity contribution in [1.29, 1.82) is 0 Å². The Labute approximate surface area is 111 Å². The maximum absolute atomic E-state index is 4.77. The van der Waals surface area contributed by atoms with Crippen LogP contribution in [0.25, 0.3) is 10.8 Å². The molecule has 0 aromatic carbocycles. The summed E-state index contributed by atoms with van der Waals surface area (Å²) in [6.45, 7) is 4.62. The van der Waals surface area contributed by atoms with Gasteiger partial charge in [-0.05, 0) is 25.3 Å². The number of imidazole rings is 1. The van der Waals surface area contributed by atoms with E-state index in [0.717, 1.165) is 23.7 Å². The van der Waals surface area contributed by atoms with Crippen LogP contribution < -0.4 is 5.32 Å². The van der Waals surface area contributed by atoms with Crippen molar-refractivity contribution in [2.75, 3.05) is 7.05 Å². The molecule has 1 aliphatic carbocycles. The summed E-state index contributed by atoms with van der Waals surface area (Å²) in [6, 6.07) is 0.421. The van der Waals surface area contributed by atoms with Gasteiger partial charge in [0.1, 0.15) is 0 Å². The second kappa shape index (κ2) is 4.17. The summed E-state index contributed by atoms with van der Waals surface area (Å²) in [5, 5.41) is 4.42. The molecule has 3 rings (SSSR count). The predicted octanol–water partition coefficient (Wildman–Crippen LogP) is 2.77. The monoisotopic (exact) mass is 262 g/mol. The Morgan fingerprint density at radius 3 is 3.00 bits per heavy atom. The summed E-state index contributed by atoms with van der Waals surface area (Å²) in [5.41, 5.74) is 1.55. The first-order valence-corrected chi connectivity index (χ1v) is 7.07. The lowest BCUT2D eigenvalue weighted by Crippen LogP contribution is -2.30. The van der Waals surface area contributed by atoms with Crippen molar-refractivity contribution in [1.82, 2.24) is 20.3 Å². The van der Waals surface area contributed by atoms with Gasteiger partial charge in [0.2, 0.25) is 0 Å². The molecule has 2 heterocycles. The number of hydrogen-bond acceptors (Lipinski definition) is 4. The van der Waals surface area contributed by atoms with Gasteiger partial charge in [-0.2, -0.15) is 0 Å². The molecular formula is C13H18N4S. The van der Waals surface area contributed by atoms with Gasteiger partial charge in [0.15, 0.2) is 10.8 Å². The number of nitrogens with zero attached hydrogens (tertiary/aromatic N) is 2. The maximum atomic E-state index is 4.77. The van der Waals surface area contributed by atoms with E-state index in [1.807, 2.05) is 13.2 Å². The Bertz CT molecular complexity index is 541. The van der Waals surface area contributed by atoms with Gasteiger partial charge in [-0.1, -0.05) is 13.8 Å². The number of aromatic nitrogens is 3. The van der Waals surface area contributed by atoms with E-state index in [9.17, 15) is 0 Å². The molecule has 0 fully saturated rings. The minimum atomic E-state index is 0.315. The topological polar surface area (TPSA) is 53.6 Å². The molecule has 1 unspecified atom stereocenters. The third-order valence-corrected chi connectivity index (χ3v) is 4.71. The van der Waals surface area contributed by atoms with Crippen molar-refractivity contribution in [3.05, 3.63) is 23.0 Å². The van der Waals surface area contributed by atoms with Gasteiger partial charge in [-0.3, -0.25) is 0 Å². The fourth-order valence-corrected chi connectivity index (χ4v) is 3.80. The SMILES string of the molecule is CNC1CC(C)(C)Cc2nc(-c3ncc[nH]3)sc21. The summed E-state index contributed by atoms with van der Waals surface area (Å²) < 4.78 is 0. The summed E-state index contributed by atoms with van der Waals surface area (Å²) in [5.74, 6) is 0.877. The van der Waals surface area contributed by atoms with Gasteiger partial charge in [-0.15, -0.1) is 11.3 Å². The molecule has 2 aromatic rings. The lowest BCUT2D eigenvalue weighted by molar-refractivity contribution is 0.265. The van der Waals surface area contributed by atoms with E-state index >= 15 is 0 Å². The fraction of sp³-hybridized carbons (Fsp3) is 0.538. The molecule has 18 heavy (non-hydrogen) atoms. The predicted molar refractivity (Wildman–Crippen MR) is 73.6 cm³/mol. The molecule has 0 amide bonds. The van der Waals surface area contributed by atoms with Crippen LogP contribution in [0.5, 0.6) is 0 Å². The first-order valence-electron chi connectivity index (χ1n) is 6.26. The van der Waals surface area contributed by atoms with E-state index in [1.54, 1.807) is 17.5 Å². The Morgan fingerprint density at radius 1 is 1.50 bits per heavy atom. The van der Waals surface area contributed by atoms with E-state index in [-0.39, 0.29) is 0 Å². The van der Waals surface area contributed by atoms with E-state index in [1.165, 1.54) is 10.6 Å². The number of H-pyrrole nitrogens is 1. The van der Waals surface area contributed by atoms with Crippen molar-refractivity contribution >= 4 is 11.3 Å². The van der Waals surface area contributed by atoms with Crippen LogP contribution >= 0.6 is 11.3 Å². The minimum absolute atomic E-state index is 0.315. The lowest BCUT2D eigenvalue weighted by atomic mass is 9.76. The largest absolute Gasteiger partial charge is 0.343 e. The van der Waals surface area contributed by atoms with Crippen LogP contribution in [0.15, 0.2) is 12.4 Å². The molecule has 0 saturated carbocycles. The highest BCUT2D eigenvalue weighted by Crippen LogP contribution is 2.44. The van der Waals surface area contributed by atoms with E-state index in [0.29, 0.717) is 11.5 Å².